The van der Waals surface area contributed by atoms with Gasteiger partial charge in [-0.3, -0.25) is 4.79 Å². The van der Waals surface area contributed by atoms with Gasteiger partial charge < -0.3 is 5.32 Å². The average Bonchev–Trinajstić information content (AvgIpc) is 2.58. The number of halogens is 9. The number of rotatable bonds is 4. The molecule has 0 radical (unpaired) electrons. The Hall–Kier alpha value is -2.37. The first-order valence-corrected chi connectivity index (χ1v) is 8.54. The van der Waals surface area contributed by atoms with Gasteiger partial charge >= 0.3 is 18.5 Å². The van der Waals surface area contributed by atoms with Crippen LogP contribution in [0.2, 0.25) is 0 Å². The van der Waals surface area contributed by atoms with E-state index in [1.807, 2.05) is 5.32 Å². The second kappa shape index (κ2) is 8.17. The summed E-state index contributed by atoms with van der Waals surface area (Å²) < 4.78 is 115. The zero-order valence-electron chi connectivity index (χ0n) is 14.0. The van der Waals surface area contributed by atoms with Gasteiger partial charge in [-0.2, -0.15) is 39.5 Å². The number of hydrogen-bond acceptors (Lipinski definition) is 2. The molecule has 0 aliphatic heterocycles. The summed E-state index contributed by atoms with van der Waals surface area (Å²) in [6, 6.07) is 4.54. The molecule has 2 nitrogen and oxygen atoms in total. The maximum atomic E-state index is 12.8. The molecule has 0 fully saturated rings. The lowest BCUT2D eigenvalue weighted by Gasteiger charge is -2.15. The minimum absolute atomic E-state index is 0.0509. The number of alkyl halides is 9. The Bertz CT molecular complexity index is 855. The highest BCUT2D eigenvalue weighted by atomic mass is 32.2. The Labute approximate surface area is 162 Å². The molecule has 0 spiro atoms. The van der Waals surface area contributed by atoms with E-state index in [9.17, 15) is 44.3 Å². The second-order valence-electron chi connectivity index (χ2n) is 5.66. The third-order valence-electron chi connectivity index (χ3n) is 3.40. The number of carbonyl (C=O) groups excluding carboxylic acids is 1. The molecule has 0 saturated heterocycles. The Kier molecular flexibility index (Phi) is 6.45. The molecule has 2 aromatic rings. The van der Waals surface area contributed by atoms with Gasteiger partial charge in [0.1, 0.15) is 0 Å². The normalized spacial score (nSPS) is 12.7. The molecule has 12 heteroatoms. The van der Waals surface area contributed by atoms with Crippen molar-refractivity contribution in [1.29, 1.82) is 0 Å². The van der Waals surface area contributed by atoms with Gasteiger partial charge in [0.2, 0.25) is 5.91 Å². The largest absolute Gasteiger partial charge is 0.416 e. The van der Waals surface area contributed by atoms with Crippen molar-refractivity contribution < 1.29 is 44.3 Å². The SMILES string of the molecule is O=C(CSc1cccc(C(F)(F)F)c1)Nc1cc(C(F)(F)F)cc(C(F)(F)F)c1. The van der Waals surface area contributed by atoms with Gasteiger partial charge in [-0.15, -0.1) is 11.8 Å². The van der Waals surface area contributed by atoms with Crippen molar-refractivity contribution in [2.45, 2.75) is 23.4 Å². The van der Waals surface area contributed by atoms with Crippen LogP contribution in [0.4, 0.5) is 45.2 Å². The molecular formula is C17H10F9NOS. The molecule has 0 aliphatic carbocycles. The van der Waals surface area contributed by atoms with Crippen molar-refractivity contribution in [2.75, 3.05) is 11.1 Å². The smallest absolute Gasteiger partial charge is 0.325 e. The van der Waals surface area contributed by atoms with Crippen LogP contribution >= 0.6 is 11.8 Å². The Morgan fingerprint density at radius 3 is 1.76 bits per heavy atom. The first kappa shape index (κ1) is 22.9. The Morgan fingerprint density at radius 1 is 0.759 bits per heavy atom. The van der Waals surface area contributed by atoms with Gasteiger partial charge in [-0.25, -0.2) is 0 Å². The van der Waals surface area contributed by atoms with E-state index < -0.39 is 52.6 Å². The molecule has 2 rings (SSSR count). The first-order valence-electron chi connectivity index (χ1n) is 7.55. The van der Waals surface area contributed by atoms with E-state index in [0.29, 0.717) is 23.9 Å². The number of thioether (sulfide) groups is 1. The van der Waals surface area contributed by atoms with Crippen LogP contribution in [0, 0.1) is 0 Å². The number of hydrogen-bond donors (Lipinski definition) is 1. The van der Waals surface area contributed by atoms with E-state index in [1.165, 1.54) is 6.07 Å². The van der Waals surface area contributed by atoms with Gasteiger partial charge in [-0.1, -0.05) is 6.07 Å². The fraction of sp³-hybridized carbons (Fsp3) is 0.235. The van der Waals surface area contributed by atoms with Crippen molar-refractivity contribution in [2.24, 2.45) is 0 Å². The highest BCUT2D eigenvalue weighted by Gasteiger charge is 2.37. The maximum absolute atomic E-state index is 12.8. The fourth-order valence-corrected chi connectivity index (χ4v) is 2.89. The summed E-state index contributed by atoms with van der Waals surface area (Å²) in [6.07, 6.45) is -14.8. The Balaban J connectivity index is 2.15. The monoisotopic (exact) mass is 447 g/mol. The summed E-state index contributed by atoms with van der Waals surface area (Å²) in [5, 5.41) is 1.90. The molecule has 0 bridgehead atoms. The van der Waals surface area contributed by atoms with Crippen molar-refractivity contribution in [3.63, 3.8) is 0 Å². The second-order valence-corrected chi connectivity index (χ2v) is 6.71. The summed E-state index contributed by atoms with van der Waals surface area (Å²) in [5.41, 5.74) is -4.90. The molecule has 0 unspecified atom stereocenters. The quantitative estimate of drug-likeness (QED) is 0.430. The first-order chi connectivity index (χ1) is 13.2. The topological polar surface area (TPSA) is 29.1 Å². The standard InChI is InChI=1S/C17H10F9NOS/c18-15(19,20)9-2-1-3-13(7-9)29-8-14(28)27-12-5-10(16(21,22)23)4-11(6-12)17(24,25)26/h1-7H,8H2,(H,27,28). The lowest BCUT2D eigenvalue weighted by Crippen LogP contribution is -2.17. The summed E-state index contributed by atoms with van der Waals surface area (Å²) in [6.45, 7) is 0. The van der Waals surface area contributed by atoms with Crippen LogP contribution in [0.15, 0.2) is 47.4 Å². The fourth-order valence-electron chi connectivity index (χ4n) is 2.14. The van der Waals surface area contributed by atoms with Crippen LogP contribution in [-0.4, -0.2) is 11.7 Å². The van der Waals surface area contributed by atoms with E-state index in [4.69, 9.17) is 0 Å². The van der Waals surface area contributed by atoms with Crippen LogP contribution in [0.5, 0.6) is 0 Å². The molecule has 0 aliphatic rings. The van der Waals surface area contributed by atoms with Crippen LogP contribution in [0.1, 0.15) is 16.7 Å². The molecule has 29 heavy (non-hydrogen) atoms. The lowest BCUT2D eigenvalue weighted by atomic mass is 10.1. The molecular weight excluding hydrogens is 437 g/mol. The molecule has 1 N–H and O–H groups in total. The highest BCUT2D eigenvalue weighted by Crippen LogP contribution is 2.37. The molecule has 1 amide bonds. The summed E-state index contributed by atoms with van der Waals surface area (Å²) in [4.78, 5) is 11.9. The minimum atomic E-state index is -5.08. The minimum Gasteiger partial charge on any atom is -0.325 e. The van der Waals surface area contributed by atoms with Crippen LogP contribution in [0.25, 0.3) is 0 Å². The van der Waals surface area contributed by atoms with Gasteiger partial charge in [0.05, 0.1) is 22.4 Å². The van der Waals surface area contributed by atoms with Crippen molar-refractivity contribution in [3.8, 4) is 0 Å². The van der Waals surface area contributed by atoms with Crippen LogP contribution in [-0.2, 0) is 23.3 Å². The van der Waals surface area contributed by atoms with E-state index in [0.717, 1.165) is 18.2 Å². The predicted octanol–water partition coefficient (Wildman–Crippen LogP) is 6.47. The van der Waals surface area contributed by atoms with Gasteiger partial charge in [0.15, 0.2) is 0 Å². The number of amides is 1. The van der Waals surface area contributed by atoms with E-state index in [2.05, 4.69) is 0 Å². The molecule has 0 atom stereocenters. The number of nitrogens with one attached hydrogen (secondary N) is 1. The average molecular weight is 447 g/mol. The van der Waals surface area contributed by atoms with Gasteiger partial charge in [-0.05, 0) is 36.4 Å². The summed E-state index contributed by atoms with van der Waals surface area (Å²) >= 11 is 0.641. The van der Waals surface area contributed by atoms with E-state index in [-0.39, 0.29) is 11.0 Å². The maximum Gasteiger partial charge on any atom is 0.416 e. The van der Waals surface area contributed by atoms with Crippen LogP contribution < -0.4 is 5.32 Å². The highest BCUT2D eigenvalue weighted by molar-refractivity contribution is 8.00. The summed E-state index contributed by atoms with van der Waals surface area (Å²) in [5.74, 6) is -1.52. The Morgan fingerprint density at radius 2 is 1.28 bits per heavy atom. The molecule has 0 heterocycles. The van der Waals surface area contributed by atoms with Crippen LogP contribution in [0.3, 0.4) is 0 Å². The summed E-state index contributed by atoms with van der Waals surface area (Å²) in [7, 11) is 0. The zero-order valence-corrected chi connectivity index (χ0v) is 14.8. The molecule has 0 saturated carbocycles. The third-order valence-corrected chi connectivity index (χ3v) is 4.40. The van der Waals surface area contributed by atoms with Gasteiger partial charge in [0.25, 0.3) is 0 Å². The predicted molar refractivity (Wildman–Crippen MR) is 87.2 cm³/mol. The lowest BCUT2D eigenvalue weighted by molar-refractivity contribution is -0.143. The number of carbonyl (C=O) groups is 1. The number of benzene rings is 2. The van der Waals surface area contributed by atoms with E-state index >= 15 is 0 Å². The van der Waals surface area contributed by atoms with Crippen molar-refractivity contribution >= 4 is 23.4 Å². The molecule has 158 valence electrons. The molecule has 0 aromatic heterocycles. The number of anilines is 1. The van der Waals surface area contributed by atoms with Gasteiger partial charge in [0, 0.05) is 10.6 Å². The zero-order chi connectivity index (χ0) is 22.0. The van der Waals surface area contributed by atoms with Crippen molar-refractivity contribution in [1.82, 2.24) is 0 Å². The van der Waals surface area contributed by atoms with Crippen molar-refractivity contribution in [3.05, 3.63) is 59.2 Å². The van der Waals surface area contributed by atoms with E-state index in [1.54, 1.807) is 0 Å². The molecule has 2 aromatic carbocycles. The third kappa shape index (κ3) is 6.58.